The van der Waals surface area contributed by atoms with Crippen molar-refractivity contribution < 1.29 is 14.3 Å². The molecule has 3 aromatic rings. The molecule has 4 rings (SSSR count). The molecular weight excluding hydrogens is 330 g/mol. The van der Waals surface area contributed by atoms with Gasteiger partial charge in [-0.1, -0.05) is 42.5 Å². The van der Waals surface area contributed by atoms with E-state index in [0.29, 0.717) is 24.6 Å². The van der Waals surface area contributed by atoms with Crippen LogP contribution in [0.2, 0.25) is 0 Å². The molecule has 0 spiro atoms. The zero-order chi connectivity index (χ0) is 17.8. The van der Waals surface area contributed by atoms with Crippen LogP contribution in [0.4, 0.5) is 0 Å². The third-order valence-electron chi connectivity index (χ3n) is 4.21. The quantitative estimate of drug-likeness (QED) is 0.769. The van der Waals surface area contributed by atoms with Gasteiger partial charge in [-0.15, -0.1) is 0 Å². The molecule has 0 saturated heterocycles. The number of hydrogen-bond donors (Lipinski definition) is 1. The summed E-state index contributed by atoms with van der Waals surface area (Å²) in [5.41, 5.74) is 1.05. The van der Waals surface area contributed by atoms with Crippen molar-refractivity contribution in [1.29, 1.82) is 0 Å². The van der Waals surface area contributed by atoms with E-state index in [1.54, 1.807) is 17.3 Å². The Labute approximate surface area is 151 Å². The number of hydrogen-bond acceptors (Lipinski definition) is 4. The number of rotatable bonds is 5. The number of aromatic amines is 1. The number of carbonyl (C=O) groups excluding carboxylic acids is 1. The lowest BCUT2D eigenvalue weighted by atomic mass is 10.2. The summed E-state index contributed by atoms with van der Waals surface area (Å²) in [6, 6.07) is 17.2. The van der Waals surface area contributed by atoms with Crippen molar-refractivity contribution >= 4 is 5.91 Å². The minimum absolute atomic E-state index is 0.125. The van der Waals surface area contributed by atoms with E-state index in [9.17, 15) is 4.79 Å². The number of carbonyl (C=O) groups is 1. The van der Waals surface area contributed by atoms with Gasteiger partial charge >= 0.3 is 0 Å². The summed E-state index contributed by atoms with van der Waals surface area (Å²) in [4.78, 5) is 22.1. The Morgan fingerprint density at radius 2 is 1.85 bits per heavy atom. The smallest absolute Gasteiger partial charge is 0.267 e. The molecule has 1 atom stereocenters. The SMILES string of the molecule is O=C([C@@H]1COc2ccccc2O1)N(Cc1ccccc1)Cc1ncc[nH]1. The first-order valence-electron chi connectivity index (χ1n) is 8.49. The van der Waals surface area contributed by atoms with Crippen LogP contribution in [-0.2, 0) is 17.9 Å². The van der Waals surface area contributed by atoms with Crippen molar-refractivity contribution in [3.63, 3.8) is 0 Å². The van der Waals surface area contributed by atoms with E-state index in [0.717, 1.165) is 11.4 Å². The van der Waals surface area contributed by atoms with Crippen LogP contribution in [-0.4, -0.2) is 33.5 Å². The highest BCUT2D eigenvalue weighted by atomic mass is 16.6. The summed E-state index contributed by atoms with van der Waals surface area (Å²) >= 11 is 0. The van der Waals surface area contributed by atoms with Gasteiger partial charge in [-0.3, -0.25) is 4.79 Å². The second-order valence-electron chi connectivity index (χ2n) is 6.08. The van der Waals surface area contributed by atoms with E-state index in [-0.39, 0.29) is 12.5 Å². The van der Waals surface area contributed by atoms with E-state index >= 15 is 0 Å². The maximum Gasteiger partial charge on any atom is 0.267 e. The molecule has 132 valence electrons. The van der Waals surface area contributed by atoms with Gasteiger partial charge in [0.25, 0.3) is 5.91 Å². The van der Waals surface area contributed by atoms with Crippen LogP contribution in [0.3, 0.4) is 0 Å². The summed E-state index contributed by atoms with van der Waals surface area (Å²) in [5.74, 6) is 1.86. The van der Waals surface area contributed by atoms with Crippen molar-refractivity contribution in [3.8, 4) is 11.5 Å². The molecule has 2 heterocycles. The number of benzene rings is 2. The molecule has 1 amide bonds. The number of para-hydroxylation sites is 2. The topological polar surface area (TPSA) is 67.5 Å². The van der Waals surface area contributed by atoms with Gasteiger partial charge in [0.05, 0.1) is 6.54 Å². The number of imidazole rings is 1. The lowest BCUT2D eigenvalue weighted by molar-refractivity contribution is -0.142. The van der Waals surface area contributed by atoms with E-state index in [1.165, 1.54) is 0 Å². The molecule has 0 fully saturated rings. The first kappa shape index (κ1) is 16.2. The van der Waals surface area contributed by atoms with E-state index < -0.39 is 6.10 Å². The minimum atomic E-state index is -0.677. The Hall–Kier alpha value is -3.28. The number of nitrogens with one attached hydrogen (secondary N) is 1. The lowest BCUT2D eigenvalue weighted by Gasteiger charge is -2.30. The van der Waals surface area contributed by atoms with Gasteiger partial charge in [-0.25, -0.2) is 4.98 Å². The molecule has 0 aliphatic carbocycles. The van der Waals surface area contributed by atoms with Crippen molar-refractivity contribution in [3.05, 3.63) is 78.4 Å². The summed E-state index contributed by atoms with van der Waals surface area (Å²) in [5, 5.41) is 0. The fourth-order valence-electron chi connectivity index (χ4n) is 2.93. The predicted octanol–water partition coefficient (Wildman–Crippen LogP) is 2.78. The van der Waals surface area contributed by atoms with Crippen molar-refractivity contribution in [2.75, 3.05) is 6.61 Å². The lowest BCUT2D eigenvalue weighted by Crippen LogP contribution is -2.46. The second kappa shape index (κ2) is 7.31. The minimum Gasteiger partial charge on any atom is -0.485 e. The molecule has 1 aromatic heterocycles. The number of H-pyrrole nitrogens is 1. The monoisotopic (exact) mass is 349 g/mol. The fourth-order valence-corrected chi connectivity index (χ4v) is 2.93. The van der Waals surface area contributed by atoms with E-state index in [4.69, 9.17) is 9.47 Å². The van der Waals surface area contributed by atoms with Crippen molar-refractivity contribution in [2.45, 2.75) is 19.2 Å². The highest BCUT2D eigenvalue weighted by molar-refractivity contribution is 5.82. The maximum atomic E-state index is 13.1. The second-order valence-corrected chi connectivity index (χ2v) is 6.08. The van der Waals surface area contributed by atoms with E-state index in [1.807, 2.05) is 54.6 Å². The van der Waals surface area contributed by atoms with Gasteiger partial charge < -0.3 is 19.4 Å². The van der Waals surface area contributed by atoms with Crippen LogP contribution in [0.15, 0.2) is 67.0 Å². The summed E-state index contributed by atoms with van der Waals surface area (Å²) in [6.45, 7) is 1.05. The zero-order valence-corrected chi connectivity index (χ0v) is 14.2. The molecule has 0 bridgehead atoms. The standard InChI is InChI=1S/C20H19N3O3/c24-20(18-14-25-16-8-4-5-9-17(16)26-18)23(13-19-21-10-11-22-19)12-15-6-2-1-3-7-15/h1-11,18H,12-14H2,(H,21,22)/t18-/m0/s1. The highest BCUT2D eigenvalue weighted by Crippen LogP contribution is 2.31. The Balaban J connectivity index is 1.54. The van der Waals surface area contributed by atoms with Crippen LogP contribution < -0.4 is 9.47 Å². The number of amides is 1. The Morgan fingerprint density at radius 1 is 1.08 bits per heavy atom. The molecule has 2 aromatic carbocycles. The van der Waals surface area contributed by atoms with Crippen LogP contribution >= 0.6 is 0 Å². The van der Waals surface area contributed by atoms with Gasteiger partial charge in [0, 0.05) is 18.9 Å². The van der Waals surface area contributed by atoms with Crippen molar-refractivity contribution in [1.82, 2.24) is 14.9 Å². The van der Waals surface area contributed by atoms with Crippen LogP contribution in [0.25, 0.3) is 0 Å². The largest absolute Gasteiger partial charge is 0.485 e. The molecule has 6 nitrogen and oxygen atoms in total. The maximum absolute atomic E-state index is 13.1. The molecule has 1 N–H and O–H groups in total. The average Bonchev–Trinajstić information content (AvgIpc) is 3.20. The first-order valence-corrected chi connectivity index (χ1v) is 8.49. The van der Waals surface area contributed by atoms with Gasteiger partial charge in [-0.05, 0) is 17.7 Å². The van der Waals surface area contributed by atoms with Gasteiger partial charge in [0.2, 0.25) is 6.10 Å². The molecule has 1 aliphatic heterocycles. The van der Waals surface area contributed by atoms with Gasteiger partial charge in [0.1, 0.15) is 12.4 Å². The van der Waals surface area contributed by atoms with Gasteiger partial charge in [0.15, 0.2) is 11.5 Å². The molecule has 0 radical (unpaired) electrons. The number of fused-ring (bicyclic) bond motifs is 1. The summed E-state index contributed by atoms with van der Waals surface area (Å²) < 4.78 is 11.6. The normalized spacial score (nSPS) is 15.5. The van der Waals surface area contributed by atoms with Crippen LogP contribution in [0.5, 0.6) is 11.5 Å². The van der Waals surface area contributed by atoms with Crippen molar-refractivity contribution in [2.24, 2.45) is 0 Å². The number of aromatic nitrogens is 2. The third kappa shape index (κ3) is 3.54. The predicted molar refractivity (Wildman–Crippen MR) is 95.6 cm³/mol. The molecule has 26 heavy (non-hydrogen) atoms. The Morgan fingerprint density at radius 3 is 2.62 bits per heavy atom. The average molecular weight is 349 g/mol. The third-order valence-corrected chi connectivity index (χ3v) is 4.21. The summed E-state index contributed by atoms with van der Waals surface area (Å²) in [7, 11) is 0. The van der Waals surface area contributed by atoms with Crippen LogP contribution in [0, 0.1) is 0 Å². The number of nitrogens with zero attached hydrogens (tertiary/aromatic N) is 2. The molecule has 6 heteroatoms. The van der Waals surface area contributed by atoms with E-state index in [2.05, 4.69) is 9.97 Å². The molecule has 0 saturated carbocycles. The Bertz CT molecular complexity index is 865. The number of ether oxygens (including phenoxy) is 2. The fraction of sp³-hybridized carbons (Fsp3) is 0.200. The molecular formula is C20H19N3O3. The molecule has 0 unspecified atom stereocenters. The first-order chi connectivity index (χ1) is 12.8. The summed E-state index contributed by atoms with van der Waals surface area (Å²) in [6.07, 6.45) is 2.75. The van der Waals surface area contributed by atoms with Crippen LogP contribution in [0.1, 0.15) is 11.4 Å². The zero-order valence-electron chi connectivity index (χ0n) is 14.2. The highest BCUT2D eigenvalue weighted by Gasteiger charge is 2.31. The Kier molecular flexibility index (Phi) is 4.55. The van der Waals surface area contributed by atoms with Gasteiger partial charge in [-0.2, -0.15) is 0 Å². The molecule has 1 aliphatic rings.